The van der Waals surface area contributed by atoms with Gasteiger partial charge in [0, 0.05) is 52.4 Å². The van der Waals surface area contributed by atoms with Crippen LogP contribution in [-0.4, -0.2) is 94.7 Å². The van der Waals surface area contributed by atoms with Crippen LogP contribution in [0.2, 0.25) is 5.02 Å². The topological polar surface area (TPSA) is 74.1 Å². The van der Waals surface area contributed by atoms with Crippen molar-refractivity contribution in [3.05, 3.63) is 53.7 Å². The number of pyridine rings is 1. The van der Waals surface area contributed by atoms with E-state index in [1.54, 1.807) is 24.7 Å². The summed E-state index contributed by atoms with van der Waals surface area (Å²) < 4.78 is 21.7. The Hall–Kier alpha value is -3.05. The second-order valence-corrected chi connectivity index (χ2v) is 9.53. The molecule has 6 rings (SSSR count). The molecule has 0 bridgehead atoms. The van der Waals surface area contributed by atoms with Crippen molar-refractivity contribution in [1.82, 2.24) is 29.2 Å². The van der Waals surface area contributed by atoms with Crippen LogP contribution in [0, 0.1) is 5.82 Å². The summed E-state index contributed by atoms with van der Waals surface area (Å²) in [6, 6.07) is 8.52. The Balaban J connectivity index is 1.19. The lowest BCUT2D eigenvalue weighted by molar-refractivity contribution is 0.0331. The first-order valence-electron chi connectivity index (χ1n) is 12.3. The Morgan fingerprint density at radius 2 is 1.72 bits per heavy atom. The minimum absolute atomic E-state index is 0.185. The molecule has 4 aromatic rings. The van der Waals surface area contributed by atoms with Gasteiger partial charge in [0.2, 0.25) is 0 Å². The van der Waals surface area contributed by atoms with Gasteiger partial charge in [-0.2, -0.15) is 0 Å². The van der Waals surface area contributed by atoms with Gasteiger partial charge in [-0.1, -0.05) is 17.7 Å². The summed E-state index contributed by atoms with van der Waals surface area (Å²) in [6.07, 6.45) is 3.39. The van der Waals surface area contributed by atoms with E-state index in [4.69, 9.17) is 26.3 Å². The maximum Gasteiger partial charge on any atom is 0.166 e. The van der Waals surface area contributed by atoms with E-state index in [0.29, 0.717) is 22.5 Å². The van der Waals surface area contributed by atoms with E-state index in [0.717, 1.165) is 71.4 Å². The number of rotatable bonds is 6. The van der Waals surface area contributed by atoms with Crippen molar-refractivity contribution >= 4 is 45.6 Å². The molecule has 36 heavy (non-hydrogen) atoms. The first-order chi connectivity index (χ1) is 17.7. The van der Waals surface area contributed by atoms with E-state index in [-0.39, 0.29) is 10.7 Å². The molecule has 0 amide bonds. The van der Waals surface area contributed by atoms with E-state index in [9.17, 15) is 4.39 Å². The number of morpholine rings is 1. The third-order valence-corrected chi connectivity index (χ3v) is 7.23. The lowest BCUT2D eigenvalue weighted by atomic mass is 10.2. The summed E-state index contributed by atoms with van der Waals surface area (Å²) in [6.45, 7) is 9.79. The number of ether oxygens (including phenoxy) is 1. The number of piperazine rings is 1. The molecule has 0 atom stereocenters. The van der Waals surface area contributed by atoms with Crippen LogP contribution in [0.4, 0.5) is 21.7 Å². The number of nitrogens with zero attached hydrogens (tertiary/aromatic N) is 7. The van der Waals surface area contributed by atoms with Crippen LogP contribution in [0.25, 0.3) is 16.7 Å². The highest BCUT2D eigenvalue weighted by atomic mass is 35.5. The zero-order valence-electron chi connectivity index (χ0n) is 19.9. The summed E-state index contributed by atoms with van der Waals surface area (Å²) in [7, 11) is 0. The van der Waals surface area contributed by atoms with Crippen LogP contribution in [-0.2, 0) is 4.74 Å². The van der Waals surface area contributed by atoms with Gasteiger partial charge in [-0.25, -0.2) is 19.3 Å². The molecule has 1 aromatic carbocycles. The molecule has 2 saturated heterocycles. The van der Waals surface area contributed by atoms with Gasteiger partial charge in [0.1, 0.15) is 29.0 Å². The van der Waals surface area contributed by atoms with Crippen LogP contribution >= 0.6 is 11.6 Å². The highest BCUT2D eigenvalue weighted by molar-refractivity contribution is 6.33. The van der Waals surface area contributed by atoms with E-state index in [1.807, 2.05) is 16.5 Å². The Morgan fingerprint density at radius 1 is 0.944 bits per heavy atom. The fourth-order valence-corrected chi connectivity index (χ4v) is 5.03. The molecular weight excluding hydrogens is 483 g/mol. The summed E-state index contributed by atoms with van der Waals surface area (Å²) in [5.74, 6) is 0.944. The van der Waals surface area contributed by atoms with Crippen molar-refractivity contribution in [2.75, 3.05) is 75.8 Å². The molecule has 0 radical (unpaired) electrons. The Kier molecular flexibility index (Phi) is 6.58. The number of anilines is 3. The number of halogens is 2. The van der Waals surface area contributed by atoms with Crippen LogP contribution in [0.3, 0.4) is 0 Å². The number of imidazole rings is 1. The summed E-state index contributed by atoms with van der Waals surface area (Å²) in [5, 5.41) is 3.33. The largest absolute Gasteiger partial charge is 0.379 e. The molecule has 0 saturated carbocycles. The molecular formula is C25H28ClFN8O. The first kappa shape index (κ1) is 23.4. The third-order valence-electron chi connectivity index (χ3n) is 6.92. The predicted molar refractivity (Wildman–Crippen MR) is 139 cm³/mol. The van der Waals surface area contributed by atoms with E-state index < -0.39 is 5.82 Å². The van der Waals surface area contributed by atoms with Crippen LogP contribution in [0.15, 0.2) is 42.9 Å². The number of nitrogens with one attached hydrogen (secondary N) is 1. The van der Waals surface area contributed by atoms with Crippen molar-refractivity contribution in [1.29, 1.82) is 0 Å². The van der Waals surface area contributed by atoms with Gasteiger partial charge >= 0.3 is 0 Å². The molecule has 5 heterocycles. The Labute approximate surface area is 213 Å². The van der Waals surface area contributed by atoms with Crippen LogP contribution in [0.1, 0.15) is 0 Å². The van der Waals surface area contributed by atoms with Gasteiger partial charge in [-0.15, -0.1) is 0 Å². The van der Waals surface area contributed by atoms with Gasteiger partial charge in [0.05, 0.1) is 30.1 Å². The molecule has 0 unspecified atom stereocenters. The lowest BCUT2D eigenvalue weighted by Gasteiger charge is -2.37. The number of para-hydroxylation sites is 1. The molecule has 1 N–H and O–H groups in total. The van der Waals surface area contributed by atoms with Crippen molar-refractivity contribution in [3.8, 4) is 0 Å². The predicted octanol–water partition coefficient (Wildman–Crippen LogP) is 3.27. The maximum atomic E-state index is 14.4. The van der Waals surface area contributed by atoms with Gasteiger partial charge in [-0.05, 0) is 24.3 Å². The number of hydrogen-bond acceptors (Lipinski definition) is 8. The normalized spacial score (nSPS) is 17.8. The van der Waals surface area contributed by atoms with Gasteiger partial charge < -0.3 is 15.0 Å². The minimum Gasteiger partial charge on any atom is -0.379 e. The molecule has 2 aliphatic rings. The monoisotopic (exact) mass is 510 g/mol. The van der Waals surface area contributed by atoms with Crippen molar-refractivity contribution in [2.45, 2.75) is 0 Å². The van der Waals surface area contributed by atoms with E-state index in [1.165, 1.54) is 6.07 Å². The molecule has 188 valence electrons. The lowest BCUT2D eigenvalue weighted by Crippen LogP contribution is -2.49. The molecule has 9 nitrogen and oxygen atoms in total. The summed E-state index contributed by atoms with van der Waals surface area (Å²) in [4.78, 5) is 21.3. The average molecular weight is 511 g/mol. The summed E-state index contributed by atoms with van der Waals surface area (Å²) >= 11 is 6.22. The second kappa shape index (κ2) is 10.1. The maximum absolute atomic E-state index is 14.4. The smallest absolute Gasteiger partial charge is 0.166 e. The van der Waals surface area contributed by atoms with Crippen molar-refractivity contribution < 1.29 is 9.13 Å². The number of aromatic nitrogens is 4. The molecule has 3 aromatic heterocycles. The van der Waals surface area contributed by atoms with E-state index in [2.05, 4.69) is 25.0 Å². The molecule has 2 fully saturated rings. The summed E-state index contributed by atoms with van der Waals surface area (Å²) in [5.41, 5.74) is 2.27. The fourth-order valence-electron chi connectivity index (χ4n) is 4.82. The van der Waals surface area contributed by atoms with Crippen molar-refractivity contribution in [2.24, 2.45) is 0 Å². The van der Waals surface area contributed by atoms with E-state index >= 15 is 0 Å². The highest BCUT2D eigenvalue weighted by Crippen LogP contribution is 2.31. The number of benzene rings is 1. The zero-order chi connectivity index (χ0) is 24.5. The second-order valence-electron chi connectivity index (χ2n) is 9.13. The SMILES string of the molecule is Fc1cccc(Cl)c1Nc1nc2ccc(N3CCN(CCN4CCOCC4)CC3)nc2n2cncc12. The number of hydrogen-bond donors (Lipinski definition) is 1. The highest BCUT2D eigenvalue weighted by Gasteiger charge is 2.21. The van der Waals surface area contributed by atoms with Gasteiger partial charge in [0.25, 0.3) is 0 Å². The average Bonchev–Trinajstić information content (AvgIpc) is 3.41. The quantitative estimate of drug-likeness (QED) is 0.424. The van der Waals surface area contributed by atoms with Crippen LogP contribution < -0.4 is 10.2 Å². The van der Waals surface area contributed by atoms with Gasteiger partial charge in [0.15, 0.2) is 11.5 Å². The third kappa shape index (κ3) is 4.69. The van der Waals surface area contributed by atoms with Crippen LogP contribution in [0.5, 0.6) is 0 Å². The first-order valence-corrected chi connectivity index (χ1v) is 12.6. The molecule has 0 aliphatic carbocycles. The number of fused-ring (bicyclic) bond motifs is 3. The van der Waals surface area contributed by atoms with Gasteiger partial charge in [-0.3, -0.25) is 14.2 Å². The van der Waals surface area contributed by atoms with Crippen molar-refractivity contribution in [3.63, 3.8) is 0 Å². The zero-order valence-corrected chi connectivity index (χ0v) is 20.7. The minimum atomic E-state index is -0.445. The fraction of sp³-hybridized carbons (Fsp3) is 0.400. The Bertz CT molecular complexity index is 1350. The molecule has 0 spiro atoms. The molecule has 2 aliphatic heterocycles. The standard InChI is InChI=1S/C25H28ClFN8O/c26-18-2-1-3-19(27)23(18)31-24-21-16-28-17-35(21)25-20(29-24)4-5-22(30-25)34-10-8-32(9-11-34)6-7-33-12-14-36-15-13-33/h1-5,16-17H,6-15H2,(H,29,31). The molecule has 11 heteroatoms. The Morgan fingerprint density at radius 3 is 2.50 bits per heavy atom.